The van der Waals surface area contributed by atoms with Crippen molar-refractivity contribution in [2.24, 2.45) is 0 Å². The number of aromatic hydroxyl groups is 3. The number of carbonyl (C=O) groups excluding carboxylic acids is 3. The Bertz CT molecular complexity index is 4850. The molecule has 0 bridgehead atoms. The lowest BCUT2D eigenvalue weighted by Gasteiger charge is -2.35. The van der Waals surface area contributed by atoms with Gasteiger partial charge in [-0.15, -0.1) is 15.3 Å². The third-order valence-corrected chi connectivity index (χ3v) is 20.5. The summed E-state index contributed by atoms with van der Waals surface area (Å²) in [5.74, 6) is -1.42. The van der Waals surface area contributed by atoms with E-state index in [0.29, 0.717) is 109 Å². The Labute approximate surface area is 618 Å². The van der Waals surface area contributed by atoms with Gasteiger partial charge in [-0.25, -0.2) is 13.2 Å². The fourth-order valence-electron chi connectivity index (χ4n) is 13.7. The number of aromatic nitrogens is 6. The van der Waals surface area contributed by atoms with Crippen molar-refractivity contribution in [3.8, 4) is 50.6 Å². The molecule has 3 amide bonds. The molecule has 0 saturated carbocycles. The number of halogens is 7. The van der Waals surface area contributed by atoms with E-state index in [4.69, 9.17) is 46.4 Å². The van der Waals surface area contributed by atoms with Crippen LogP contribution in [0.25, 0.3) is 65.7 Å². The first-order valence-electron chi connectivity index (χ1n) is 33.6. The first-order valence-corrected chi connectivity index (χ1v) is 35.1. The maximum absolute atomic E-state index is 14.8. The molecule has 0 unspecified atom stereocenters. The predicted molar refractivity (Wildman–Crippen MR) is 404 cm³/mol. The summed E-state index contributed by atoms with van der Waals surface area (Å²) in [6.07, 6.45) is 5.41. The number of phenolic OH excluding ortho intramolecular Hbond substituents is 3. The van der Waals surface area contributed by atoms with E-state index in [9.17, 15) is 42.9 Å². The molecule has 6 heterocycles. The number of rotatable bonds is 13. The molecular formula is C80H70Cl4F3N11O6. The fraction of sp³-hybridized carbons (Fsp3) is 0.212. The summed E-state index contributed by atoms with van der Waals surface area (Å²) in [5, 5.41) is 63.5. The van der Waals surface area contributed by atoms with E-state index in [-0.39, 0.29) is 79.6 Å². The Kier molecular flexibility index (Phi) is 22.5. The monoisotopic (exact) mass is 1480 g/mol. The molecule has 3 aliphatic heterocycles. The molecule has 11 aromatic rings. The minimum absolute atomic E-state index is 0.00933. The van der Waals surface area contributed by atoms with Crippen molar-refractivity contribution >= 4 is 108 Å². The smallest absolute Gasteiger partial charge is 0.246 e. The summed E-state index contributed by atoms with van der Waals surface area (Å²) in [5.41, 5.74) is 5.50. The summed E-state index contributed by atoms with van der Waals surface area (Å²) < 4.78 is 44.1. The summed E-state index contributed by atoms with van der Waals surface area (Å²) in [6, 6.07) is 42.8. The number of nitrogens with zero attached hydrogens (tertiary/aromatic N) is 11. The lowest BCUT2D eigenvalue weighted by atomic mass is 9.90. The van der Waals surface area contributed by atoms with Gasteiger partial charge in [0.25, 0.3) is 0 Å². The number of hydrogen-bond acceptors (Lipinski definition) is 14. The lowest BCUT2D eigenvalue weighted by Crippen LogP contribution is -2.48. The van der Waals surface area contributed by atoms with Crippen LogP contribution in [-0.2, 0) is 14.4 Å². The van der Waals surface area contributed by atoms with Gasteiger partial charge in [-0.3, -0.25) is 14.4 Å². The second-order valence-electron chi connectivity index (χ2n) is 25.3. The molecule has 17 nitrogen and oxygen atoms in total. The van der Waals surface area contributed by atoms with Crippen LogP contribution in [0.4, 0.5) is 24.8 Å². The first kappa shape index (κ1) is 73.1. The van der Waals surface area contributed by atoms with Gasteiger partial charge in [-0.1, -0.05) is 159 Å². The van der Waals surface area contributed by atoms with Crippen LogP contribution < -0.4 is 9.80 Å². The molecule has 0 aliphatic carbocycles. The van der Waals surface area contributed by atoms with Crippen LogP contribution in [0.3, 0.4) is 0 Å². The van der Waals surface area contributed by atoms with Crippen LogP contribution in [0.15, 0.2) is 190 Å². The summed E-state index contributed by atoms with van der Waals surface area (Å²) >= 11 is 26.2. The molecule has 8 aromatic carbocycles. The number of piperidine rings is 1. The number of piperazine rings is 2. The number of carbonyl (C=O) groups is 3. The van der Waals surface area contributed by atoms with Crippen LogP contribution >= 0.6 is 46.4 Å². The zero-order valence-corrected chi connectivity index (χ0v) is 59.7. The average Bonchev–Trinajstić information content (AvgIpc) is 0.756. The highest BCUT2D eigenvalue weighted by Gasteiger charge is 2.31. The normalized spacial score (nSPS) is 14.6. The van der Waals surface area contributed by atoms with E-state index >= 15 is 0 Å². The largest absolute Gasteiger partial charge is 0.507 e. The SMILES string of the molecule is C=CC(=O)N1CCC(c2nnc(Cl)c3cc(-c4c(O)cccc4F)c(Cl)cc23)CC1.C=CC(=O)N1CCN(c2nnc([C@@H](C)c3ccccc3)c3cc(-c4c(O)cccc4F)c(Cl)cc23)CC1.C=CC(=O)N1CCN(c2nnc([C@H](C)c3ccccc3)c3cc(-c4c(O)cccc4F)c(Cl)cc23)CC1. The summed E-state index contributed by atoms with van der Waals surface area (Å²) in [7, 11) is 0. The van der Waals surface area contributed by atoms with E-state index in [2.05, 4.69) is 60.1 Å². The van der Waals surface area contributed by atoms with Crippen LogP contribution in [0.1, 0.15) is 72.7 Å². The fourth-order valence-corrected chi connectivity index (χ4v) is 14.6. The standard InChI is InChI=1S/2C29H26ClFN4O2.C22H18Cl2FN3O2/c2*1-3-26(37)34-12-14-35(15-13-34)29-21-17-23(30)22(27-24(31)10-7-11-25(27)36)16-20(21)28(32-33-29)18(2)19-8-5-4-6-9-19;1-2-19(30)28-8-6-12(7-9-28)21-13-11-16(23)15(10-14(13)22(24)27-26-21)20-17(25)4-3-5-18(20)29/h2*3-11,16-18,36H,1,12-15H2,2H3;2-5,10-12,29H,1,6-9H2/t2*18-;/m10./s1. The van der Waals surface area contributed by atoms with Crippen LogP contribution in [0.5, 0.6) is 17.2 Å². The number of hydrogen-bond donors (Lipinski definition) is 3. The van der Waals surface area contributed by atoms with Gasteiger partial charge in [0, 0.05) is 147 Å². The molecule has 14 rings (SSSR count). The van der Waals surface area contributed by atoms with Gasteiger partial charge in [0.15, 0.2) is 16.8 Å². The molecule has 0 radical (unpaired) electrons. The van der Waals surface area contributed by atoms with Crippen molar-refractivity contribution < 1.29 is 42.9 Å². The van der Waals surface area contributed by atoms with Gasteiger partial charge in [0.2, 0.25) is 17.7 Å². The van der Waals surface area contributed by atoms with Gasteiger partial charge in [0.05, 0.1) is 33.8 Å². The minimum Gasteiger partial charge on any atom is -0.507 e. The maximum atomic E-state index is 14.8. The first-order chi connectivity index (χ1) is 50.2. The molecular weight excluding hydrogens is 1410 g/mol. The Morgan fingerprint density at radius 3 is 1.12 bits per heavy atom. The third kappa shape index (κ3) is 15.1. The van der Waals surface area contributed by atoms with Crippen molar-refractivity contribution in [2.75, 3.05) is 75.2 Å². The topological polar surface area (TPSA) is 205 Å². The number of benzene rings is 8. The Morgan fingerprint density at radius 2 is 0.769 bits per heavy atom. The van der Waals surface area contributed by atoms with Gasteiger partial charge in [0.1, 0.15) is 34.7 Å². The molecule has 3 fully saturated rings. The number of amides is 3. The summed E-state index contributed by atoms with van der Waals surface area (Å²) in [6.45, 7) is 20.4. The Balaban J connectivity index is 0.000000148. The zero-order chi connectivity index (χ0) is 73.6. The van der Waals surface area contributed by atoms with Gasteiger partial charge < -0.3 is 39.8 Å². The van der Waals surface area contributed by atoms with Crippen molar-refractivity contribution in [1.29, 1.82) is 0 Å². The second-order valence-corrected chi connectivity index (χ2v) is 26.9. The van der Waals surface area contributed by atoms with Gasteiger partial charge in [-0.05, 0) is 115 Å². The van der Waals surface area contributed by atoms with Crippen LogP contribution in [0.2, 0.25) is 20.2 Å². The predicted octanol–water partition coefficient (Wildman–Crippen LogP) is 16.9. The van der Waals surface area contributed by atoms with E-state index < -0.39 is 17.5 Å². The van der Waals surface area contributed by atoms with Crippen molar-refractivity contribution in [2.45, 2.75) is 44.4 Å². The highest BCUT2D eigenvalue weighted by Crippen LogP contribution is 2.46. The van der Waals surface area contributed by atoms with Gasteiger partial charge in [-0.2, -0.15) is 15.3 Å². The highest BCUT2D eigenvalue weighted by atomic mass is 35.5. The molecule has 0 spiro atoms. The molecule has 104 heavy (non-hydrogen) atoms. The number of likely N-dealkylation sites (tertiary alicyclic amines) is 1. The number of fused-ring (bicyclic) bond motifs is 3. The molecule has 3 aliphatic rings. The zero-order valence-electron chi connectivity index (χ0n) is 56.6. The lowest BCUT2D eigenvalue weighted by molar-refractivity contribution is -0.127. The van der Waals surface area contributed by atoms with Gasteiger partial charge >= 0.3 is 0 Å². The Morgan fingerprint density at radius 1 is 0.423 bits per heavy atom. The van der Waals surface area contributed by atoms with E-state index in [1.807, 2.05) is 74.5 Å². The molecule has 3 aromatic heterocycles. The molecule has 2 atom stereocenters. The van der Waals surface area contributed by atoms with Crippen molar-refractivity contribution in [3.63, 3.8) is 0 Å². The van der Waals surface area contributed by atoms with Crippen molar-refractivity contribution in [1.82, 2.24) is 45.3 Å². The van der Waals surface area contributed by atoms with Crippen LogP contribution in [0, 0.1) is 17.5 Å². The van der Waals surface area contributed by atoms with Crippen molar-refractivity contribution in [3.05, 3.63) is 256 Å². The maximum Gasteiger partial charge on any atom is 0.246 e. The molecule has 3 N–H and O–H groups in total. The Hall–Kier alpha value is -10.6. The quantitative estimate of drug-likeness (QED) is 0.0919. The van der Waals surface area contributed by atoms with Crippen LogP contribution in [-0.4, -0.2) is 144 Å². The molecule has 3 saturated heterocycles. The minimum atomic E-state index is -0.589. The molecule has 24 heteroatoms. The summed E-state index contributed by atoms with van der Waals surface area (Å²) in [4.78, 5) is 45.3. The number of phenols is 3. The average molecular weight is 1480 g/mol. The van der Waals surface area contributed by atoms with E-state index in [1.54, 1.807) is 51.1 Å². The highest BCUT2D eigenvalue weighted by molar-refractivity contribution is 6.37. The van der Waals surface area contributed by atoms with E-state index in [0.717, 1.165) is 68.0 Å². The third-order valence-electron chi connectivity index (χ3n) is 19.3. The molecule has 530 valence electrons. The van der Waals surface area contributed by atoms with E-state index in [1.165, 1.54) is 72.8 Å². The second kappa shape index (κ2) is 31.9. The number of anilines is 2.